The Morgan fingerprint density at radius 1 is 1.09 bits per heavy atom. The van der Waals surface area contributed by atoms with Gasteiger partial charge in [0.15, 0.2) is 5.79 Å². The van der Waals surface area contributed by atoms with Crippen LogP contribution in [0.15, 0.2) is 49.1 Å². The van der Waals surface area contributed by atoms with E-state index in [1.807, 2.05) is 26.1 Å². The van der Waals surface area contributed by atoms with Crippen molar-refractivity contribution in [3.63, 3.8) is 0 Å². The van der Waals surface area contributed by atoms with Crippen LogP contribution in [0.1, 0.15) is 43.9 Å². The zero-order valence-corrected chi connectivity index (χ0v) is 19.8. The zero-order chi connectivity index (χ0) is 22.7. The summed E-state index contributed by atoms with van der Waals surface area (Å²) in [5, 5.41) is 2.54. The first-order valence-electron chi connectivity index (χ1n) is 11.6. The van der Waals surface area contributed by atoms with Crippen LogP contribution in [-0.4, -0.2) is 37.5 Å². The highest BCUT2D eigenvalue weighted by Crippen LogP contribution is 2.49. The summed E-state index contributed by atoms with van der Waals surface area (Å²) in [7, 11) is 0. The Kier molecular flexibility index (Phi) is 4.94. The van der Waals surface area contributed by atoms with Gasteiger partial charge in [0, 0.05) is 17.8 Å². The van der Waals surface area contributed by atoms with Crippen molar-refractivity contribution >= 4 is 33.5 Å². The standard InChI is InChI=1S/C26H27ClN4O2/c1-15-10-17-6-4-16(11-20(17)28-13-15)5-7-18-12-21(23-22(18)32-26(2,3)33-23)31-9-8-19-24(27)29-14-30-25(19)31/h4,6,8-11,13-14,18,21-23H,5,7,12H2,1-3H3/t18-,21+,22+,23-/m0/s1. The molecule has 3 aromatic heterocycles. The minimum absolute atomic E-state index is 0.0180. The lowest BCUT2D eigenvalue weighted by Crippen LogP contribution is -2.27. The monoisotopic (exact) mass is 462 g/mol. The minimum Gasteiger partial charge on any atom is -0.344 e. The van der Waals surface area contributed by atoms with Gasteiger partial charge in [-0.3, -0.25) is 4.98 Å². The van der Waals surface area contributed by atoms with Crippen LogP contribution >= 0.6 is 11.6 Å². The van der Waals surface area contributed by atoms with Crippen LogP contribution < -0.4 is 0 Å². The Morgan fingerprint density at radius 3 is 2.82 bits per heavy atom. The maximum absolute atomic E-state index is 6.41. The molecule has 2 aliphatic rings. The van der Waals surface area contributed by atoms with E-state index in [1.165, 1.54) is 22.8 Å². The van der Waals surface area contributed by atoms with Crippen molar-refractivity contribution in [3.8, 4) is 0 Å². The molecule has 2 fully saturated rings. The number of hydrogen-bond donors (Lipinski definition) is 0. The van der Waals surface area contributed by atoms with Gasteiger partial charge in [-0.2, -0.15) is 0 Å². The Labute approximate surface area is 197 Å². The first kappa shape index (κ1) is 21.0. The summed E-state index contributed by atoms with van der Waals surface area (Å²) in [6, 6.07) is 10.9. The quantitative estimate of drug-likeness (QED) is 0.366. The lowest BCUT2D eigenvalue weighted by molar-refractivity contribution is -0.160. The smallest absolute Gasteiger partial charge is 0.163 e. The van der Waals surface area contributed by atoms with Gasteiger partial charge in [-0.05, 0) is 75.3 Å². The summed E-state index contributed by atoms with van der Waals surface area (Å²) in [6.45, 7) is 6.08. The van der Waals surface area contributed by atoms with Gasteiger partial charge in [-0.1, -0.05) is 23.7 Å². The number of pyridine rings is 1. The van der Waals surface area contributed by atoms with Crippen LogP contribution in [0.5, 0.6) is 0 Å². The first-order valence-corrected chi connectivity index (χ1v) is 11.9. The molecule has 0 spiro atoms. The van der Waals surface area contributed by atoms with Gasteiger partial charge in [0.1, 0.15) is 23.2 Å². The normalized spacial score (nSPS) is 26.3. The Bertz CT molecular complexity index is 1350. The average molecular weight is 463 g/mol. The molecule has 1 aliphatic heterocycles. The van der Waals surface area contributed by atoms with Gasteiger partial charge >= 0.3 is 0 Å². The third-order valence-corrected chi connectivity index (χ3v) is 7.36. The molecule has 1 aliphatic carbocycles. The fourth-order valence-corrected chi connectivity index (χ4v) is 5.80. The van der Waals surface area contributed by atoms with Crippen molar-refractivity contribution in [1.29, 1.82) is 0 Å². The topological polar surface area (TPSA) is 62.1 Å². The Balaban J connectivity index is 1.27. The molecule has 0 radical (unpaired) electrons. The second-order valence-electron chi connectivity index (χ2n) is 9.83. The molecule has 4 atom stereocenters. The highest BCUT2D eigenvalue weighted by molar-refractivity contribution is 6.33. The molecule has 4 heterocycles. The molecule has 0 unspecified atom stereocenters. The molecule has 6 nitrogen and oxygen atoms in total. The van der Waals surface area contributed by atoms with E-state index in [2.05, 4.69) is 56.9 Å². The van der Waals surface area contributed by atoms with Crippen LogP contribution in [0.2, 0.25) is 5.15 Å². The molecule has 1 saturated heterocycles. The molecule has 0 amide bonds. The third kappa shape index (κ3) is 3.70. The molecule has 7 heteroatoms. The number of hydrogen-bond acceptors (Lipinski definition) is 5. The van der Waals surface area contributed by atoms with Gasteiger partial charge in [0.2, 0.25) is 0 Å². The van der Waals surface area contributed by atoms with Gasteiger partial charge in [0.25, 0.3) is 0 Å². The third-order valence-electron chi connectivity index (χ3n) is 7.06. The molecule has 1 saturated carbocycles. The van der Waals surface area contributed by atoms with E-state index in [-0.39, 0.29) is 18.2 Å². The molecule has 33 heavy (non-hydrogen) atoms. The molecule has 1 aromatic carbocycles. The minimum atomic E-state index is -0.591. The van der Waals surface area contributed by atoms with Crippen molar-refractivity contribution in [3.05, 3.63) is 65.3 Å². The van der Waals surface area contributed by atoms with Gasteiger partial charge in [0.05, 0.1) is 23.0 Å². The molecule has 0 bridgehead atoms. The van der Waals surface area contributed by atoms with E-state index in [1.54, 1.807) is 0 Å². The zero-order valence-electron chi connectivity index (χ0n) is 19.0. The predicted octanol–water partition coefficient (Wildman–Crippen LogP) is 5.66. The fourth-order valence-electron chi connectivity index (χ4n) is 5.60. The lowest BCUT2D eigenvalue weighted by atomic mass is 9.95. The van der Waals surface area contributed by atoms with Crippen LogP contribution in [-0.2, 0) is 15.9 Å². The van der Waals surface area contributed by atoms with Crippen molar-refractivity contribution in [2.45, 2.75) is 64.1 Å². The largest absolute Gasteiger partial charge is 0.344 e. The molecule has 170 valence electrons. The summed E-state index contributed by atoms with van der Waals surface area (Å²) >= 11 is 6.30. The average Bonchev–Trinajstić information content (AvgIpc) is 3.44. The molecule has 0 N–H and O–H groups in total. The van der Waals surface area contributed by atoms with Crippen molar-refractivity contribution in [2.75, 3.05) is 0 Å². The van der Waals surface area contributed by atoms with E-state index in [0.29, 0.717) is 11.1 Å². The van der Waals surface area contributed by atoms with Crippen molar-refractivity contribution in [2.24, 2.45) is 5.92 Å². The number of benzene rings is 1. The summed E-state index contributed by atoms with van der Waals surface area (Å²) in [5.74, 6) is -0.203. The van der Waals surface area contributed by atoms with Crippen molar-refractivity contribution in [1.82, 2.24) is 19.5 Å². The number of fused-ring (bicyclic) bond motifs is 3. The van der Waals surface area contributed by atoms with Crippen LogP contribution in [0.25, 0.3) is 21.9 Å². The maximum atomic E-state index is 6.41. The van der Waals surface area contributed by atoms with E-state index in [4.69, 9.17) is 21.1 Å². The number of aryl methyl sites for hydroxylation is 2. The Morgan fingerprint density at radius 2 is 1.94 bits per heavy atom. The van der Waals surface area contributed by atoms with E-state index >= 15 is 0 Å². The molecular weight excluding hydrogens is 436 g/mol. The number of halogens is 1. The second kappa shape index (κ2) is 7.76. The van der Waals surface area contributed by atoms with E-state index in [0.717, 1.165) is 35.8 Å². The number of ether oxygens (including phenoxy) is 2. The summed E-state index contributed by atoms with van der Waals surface area (Å²) in [4.78, 5) is 13.2. The van der Waals surface area contributed by atoms with Gasteiger partial charge in [-0.15, -0.1) is 0 Å². The number of nitrogens with zero attached hydrogens (tertiary/aromatic N) is 4. The number of aromatic nitrogens is 4. The molecule has 4 aromatic rings. The van der Waals surface area contributed by atoms with Crippen LogP contribution in [0, 0.1) is 12.8 Å². The highest BCUT2D eigenvalue weighted by atomic mass is 35.5. The van der Waals surface area contributed by atoms with Gasteiger partial charge < -0.3 is 14.0 Å². The Hall–Kier alpha value is -2.54. The predicted molar refractivity (Wildman–Crippen MR) is 128 cm³/mol. The van der Waals surface area contributed by atoms with Gasteiger partial charge in [-0.25, -0.2) is 9.97 Å². The van der Waals surface area contributed by atoms with E-state index < -0.39 is 5.79 Å². The summed E-state index contributed by atoms with van der Waals surface area (Å²) in [6.07, 6.45) is 8.54. The van der Waals surface area contributed by atoms with Crippen LogP contribution in [0.4, 0.5) is 0 Å². The number of rotatable bonds is 4. The fraction of sp³-hybridized carbons (Fsp3) is 0.423. The second-order valence-corrected chi connectivity index (χ2v) is 10.2. The van der Waals surface area contributed by atoms with Crippen molar-refractivity contribution < 1.29 is 9.47 Å². The lowest BCUT2D eigenvalue weighted by Gasteiger charge is -2.24. The molecular formula is C26H27ClN4O2. The summed E-state index contributed by atoms with van der Waals surface area (Å²) < 4.78 is 15.0. The SMILES string of the molecule is Cc1cnc2cc(CC[C@H]3C[C@@H](n4ccc5c(Cl)ncnc54)[C@@H]4OC(C)(C)O[C@H]34)ccc2c1. The first-order chi connectivity index (χ1) is 15.9. The maximum Gasteiger partial charge on any atom is 0.163 e. The van der Waals surface area contributed by atoms with Crippen LogP contribution in [0.3, 0.4) is 0 Å². The molecule has 6 rings (SSSR count). The highest BCUT2D eigenvalue weighted by Gasteiger charge is 2.54. The summed E-state index contributed by atoms with van der Waals surface area (Å²) in [5.41, 5.74) is 4.40. The van der Waals surface area contributed by atoms with E-state index in [9.17, 15) is 0 Å².